The van der Waals surface area contributed by atoms with E-state index in [1.807, 2.05) is 12.1 Å². The fraction of sp³-hybridized carbons (Fsp3) is 0.333. The minimum Gasteiger partial charge on any atom is -0.364 e. The van der Waals surface area contributed by atoms with Crippen molar-refractivity contribution in [3.8, 4) is 11.8 Å². The molecule has 10 heteroatoms. The molecule has 0 bridgehead atoms. The first-order valence-electron chi connectivity index (χ1n) is 13.2. The number of carbonyl (C=O) groups is 1. The maximum Gasteiger partial charge on any atom is 0.269 e. The van der Waals surface area contributed by atoms with Crippen molar-refractivity contribution in [2.24, 2.45) is 22.1 Å². The van der Waals surface area contributed by atoms with Gasteiger partial charge in [0.15, 0.2) is 11.5 Å². The van der Waals surface area contributed by atoms with Gasteiger partial charge in [-0.3, -0.25) is 25.5 Å². The van der Waals surface area contributed by atoms with Crippen LogP contribution in [0.3, 0.4) is 0 Å². The summed E-state index contributed by atoms with van der Waals surface area (Å²) in [5.74, 6) is 8.06. The lowest BCUT2D eigenvalue weighted by molar-refractivity contribution is 0.0521. The molecule has 0 radical (unpaired) electrons. The van der Waals surface area contributed by atoms with Crippen LogP contribution in [0.2, 0.25) is 0 Å². The third-order valence-corrected chi connectivity index (χ3v) is 9.21. The minimum absolute atomic E-state index is 0.180. The van der Waals surface area contributed by atoms with Crippen LogP contribution in [0.5, 0.6) is 0 Å². The van der Waals surface area contributed by atoms with E-state index in [-0.39, 0.29) is 12.2 Å². The highest BCUT2D eigenvalue weighted by Gasteiger charge is 2.52. The molecule has 2 fully saturated rings. The predicted molar refractivity (Wildman–Crippen MR) is 159 cm³/mol. The lowest BCUT2D eigenvalue weighted by Crippen LogP contribution is -2.62. The number of benzene rings is 1. The molecule has 6 rings (SSSR count). The molecule has 202 valence electrons. The Kier molecular flexibility index (Phi) is 6.27. The van der Waals surface area contributed by atoms with E-state index in [0.29, 0.717) is 23.0 Å². The number of nitrogens with one attached hydrogen (secondary N) is 2. The number of carbonyl (C=O) groups excluding carboxylic acids is 1. The number of aliphatic imine (C=N–C) groups is 1. The Morgan fingerprint density at radius 1 is 1.12 bits per heavy atom. The van der Waals surface area contributed by atoms with Gasteiger partial charge in [0.05, 0.1) is 12.3 Å². The molecule has 0 atom stereocenters. The van der Waals surface area contributed by atoms with Crippen molar-refractivity contribution in [3.05, 3.63) is 69.2 Å². The number of hydrogen-bond donors (Lipinski definition) is 3. The topological polar surface area (TPSA) is 135 Å². The van der Waals surface area contributed by atoms with E-state index >= 15 is 0 Å². The molecule has 0 unspecified atom stereocenters. The second kappa shape index (κ2) is 9.68. The van der Waals surface area contributed by atoms with Gasteiger partial charge in [-0.25, -0.2) is 0 Å². The van der Waals surface area contributed by atoms with Crippen LogP contribution in [0.15, 0.2) is 41.4 Å². The number of nitrogens with two attached hydrogens (primary N) is 1. The number of primary amides is 1. The first-order chi connectivity index (χ1) is 19.1. The maximum absolute atomic E-state index is 11.2. The maximum atomic E-state index is 11.2. The van der Waals surface area contributed by atoms with E-state index in [4.69, 9.17) is 21.5 Å². The molecule has 40 heavy (non-hydrogen) atoms. The van der Waals surface area contributed by atoms with Gasteiger partial charge in [0.25, 0.3) is 5.91 Å². The van der Waals surface area contributed by atoms with E-state index in [9.17, 15) is 4.79 Å². The van der Waals surface area contributed by atoms with Crippen LogP contribution < -0.4 is 15.5 Å². The summed E-state index contributed by atoms with van der Waals surface area (Å²) in [4.78, 5) is 21.1. The summed E-state index contributed by atoms with van der Waals surface area (Å²) in [5, 5.41) is 25.7. The third kappa shape index (κ3) is 4.46. The van der Waals surface area contributed by atoms with Gasteiger partial charge >= 0.3 is 0 Å². The van der Waals surface area contributed by atoms with Gasteiger partial charge in [0.1, 0.15) is 16.7 Å². The van der Waals surface area contributed by atoms with Crippen LogP contribution in [0, 0.1) is 47.8 Å². The minimum atomic E-state index is -0.569. The van der Waals surface area contributed by atoms with Gasteiger partial charge < -0.3 is 10.6 Å². The number of fused-ring (bicyclic) bond motifs is 1. The quantitative estimate of drug-likeness (QED) is 0.256. The Morgan fingerprint density at radius 2 is 1.85 bits per heavy atom. The zero-order valence-corrected chi connectivity index (χ0v) is 23.5. The normalized spacial score (nSPS) is 17.7. The lowest BCUT2D eigenvalue weighted by atomic mass is 9.58. The van der Waals surface area contributed by atoms with Crippen molar-refractivity contribution in [1.29, 1.82) is 10.8 Å². The predicted octanol–water partition coefficient (Wildman–Crippen LogP) is 4.15. The van der Waals surface area contributed by atoms with Crippen LogP contribution in [-0.4, -0.2) is 53.1 Å². The molecule has 9 nitrogen and oxygen atoms in total. The number of aromatic nitrogens is 2. The highest BCUT2D eigenvalue weighted by Crippen LogP contribution is 2.52. The van der Waals surface area contributed by atoms with Gasteiger partial charge in [0, 0.05) is 46.0 Å². The second-order valence-corrected chi connectivity index (χ2v) is 12.1. The largest absolute Gasteiger partial charge is 0.364 e. The Balaban J connectivity index is 1.11. The smallest absolute Gasteiger partial charge is 0.269 e. The summed E-state index contributed by atoms with van der Waals surface area (Å²) < 4.78 is 0. The van der Waals surface area contributed by atoms with E-state index in [2.05, 4.69) is 52.9 Å². The number of nitrogens with zero attached hydrogens (tertiary/aromatic N) is 5. The molecule has 3 aromatic rings. The Morgan fingerprint density at radius 3 is 2.48 bits per heavy atom. The van der Waals surface area contributed by atoms with Crippen LogP contribution in [0.1, 0.15) is 57.4 Å². The molecule has 4 N–H and O–H groups in total. The average Bonchev–Trinajstić information content (AvgIpc) is 3.07. The summed E-state index contributed by atoms with van der Waals surface area (Å²) in [6.45, 7) is 7.98. The number of thiophene rings is 1. The highest BCUT2D eigenvalue weighted by atomic mass is 32.1. The molecule has 1 saturated heterocycles. The SMILES string of the molecule is CC(=N)N1C(=N)CN=C(c2ccc(C#CC3CC4(C3)CN(c3ccc(C(N)=O)nn3)C4)cc2)c2c1sc(C)c2C. The van der Waals surface area contributed by atoms with Gasteiger partial charge in [-0.1, -0.05) is 24.0 Å². The fourth-order valence-electron chi connectivity index (χ4n) is 5.86. The summed E-state index contributed by atoms with van der Waals surface area (Å²) in [6.07, 6.45) is 2.15. The molecule has 2 aliphatic heterocycles. The number of rotatable bonds is 3. The summed E-state index contributed by atoms with van der Waals surface area (Å²) in [6, 6.07) is 11.6. The summed E-state index contributed by atoms with van der Waals surface area (Å²) in [5.41, 5.74) is 10.7. The second-order valence-electron chi connectivity index (χ2n) is 10.9. The third-order valence-electron chi connectivity index (χ3n) is 8.02. The highest BCUT2D eigenvalue weighted by molar-refractivity contribution is 7.17. The zero-order chi connectivity index (χ0) is 28.2. The van der Waals surface area contributed by atoms with Crippen molar-refractivity contribution in [2.45, 2.75) is 33.6 Å². The standard InChI is InChI=1S/C30H30N8OS/c1-17-18(2)40-29-26(17)27(34-14-24(32)38(29)19(3)31)22-8-6-20(7-9-22)4-5-21-12-30(13-21)15-37(16-30)25-11-10-23(28(33)39)35-36-25/h6-11,21,31-32H,12-16H2,1-3H3,(H2,33,39). The molecule has 1 saturated carbocycles. The molecular formula is C30H30N8OS. The van der Waals surface area contributed by atoms with Gasteiger partial charge in [-0.05, 0) is 63.4 Å². The van der Waals surface area contributed by atoms with Crippen molar-refractivity contribution < 1.29 is 4.79 Å². The van der Waals surface area contributed by atoms with Crippen LogP contribution in [0.4, 0.5) is 10.8 Å². The number of aryl methyl sites for hydroxylation is 1. The fourth-order valence-corrected chi connectivity index (χ4v) is 7.09. The van der Waals surface area contributed by atoms with Crippen LogP contribution in [-0.2, 0) is 0 Å². The van der Waals surface area contributed by atoms with Crippen molar-refractivity contribution in [2.75, 3.05) is 29.4 Å². The molecule has 1 spiro atoms. The molecule has 1 aromatic carbocycles. The zero-order valence-electron chi connectivity index (χ0n) is 22.7. The van der Waals surface area contributed by atoms with Crippen LogP contribution >= 0.6 is 11.3 Å². The number of amides is 1. The van der Waals surface area contributed by atoms with Crippen molar-refractivity contribution >= 4 is 45.4 Å². The van der Waals surface area contributed by atoms with E-state index in [0.717, 1.165) is 64.7 Å². The van der Waals surface area contributed by atoms with E-state index in [1.165, 1.54) is 4.88 Å². The molecule has 4 heterocycles. The number of hydrogen-bond acceptors (Lipinski definition) is 8. The molecule has 1 amide bonds. The monoisotopic (exact) mass is 550 g/mol. The molecule has 2 aromatic heterocycles. The van der Waals surface area contributed by atoms with Gasteiger partial charge in [0.2, 0.25) is 0 Å². The van der Waals surface area contributed by atoms with Crippen molar-refractivity contribution in [1.82, 2.24) is 10.2 Å². The van der Waals surface area contributed by atoms with Crippen molar-refractivity contribution in [3.63, 3.8) is 0 Å². The van der Waals surface area contributed by atoms with E-state index < -0.39 is 5.91 Å². The number of anilines is 2. The summed E-state index contributed by atoms with van der Waals surface area (Å²) >= 11 is 1.61. The van der Waals surface area contributed by atoms with E-state index in [1.54, 1.807) is 35.3 Å². The molecule has 1 aliphatic carbocycles. The Hall–Kier alpha value is -4.36. The van der Waals surface area contributed by atoms with Crippen LogP contribution in [0.25, 0.3) is 0 Å². The lowest BCUT2D eigenvalue weighted by Gasteiger charge is -2.58. The van der Waals surface area contributed by atoms with Gasteiger partial charge in [-0.15, -0.1) is 21.5 Å². The number of amidine groups is 2. The summed E-state index contributed by atoms with van der Waals surface area (Å²) in [7, 11) is 0. The molecular weight excluding hydrogens is 520 g/mol. The first kappa shape index (κ1) is 25.9. The Labute approximate surface area is 237 Å². The first-order valence-corrected chi connectivity index (χ1v) is 14.0. The average molecular weight is 551 g/mol. The van der Waals surface area contributed by atoms with Gasteiger partial charge in [-0.2, -0.15) is 0 Å². The Bertz CT molecular complexity index is 1630. The molecule has 3 aliphatic rings.